The molecule has 2 saturated carbocycles. The van der Waals surface area contributed by atoms with Crippen LogP contribution in [0.15, 0.2) is 24.3 Å². The lowest BCUT2D eigenvalue weighted by atomic mass is 10.2. The number of nitrogens with zero attached hydrogens (tertiary/aromatic N) is 2. The molecule has 0 atom stereocenters. The number of benzene rings is 1. The third-order valence-electron chi connectivity index (χ3n) is 3.81. The minimum Gasteiger partial charge on any atom is -0.484 e. The summed E-state index contributed by atoms with van der Waals surface area (Å²) in [4.78, 5) is 14.2. The van der Waals surface area contributed by atoms with E-state index in [1.807, 2.05) is 4.90 Å². The molecule has 2 aliphatic rings. The van der Waals surface area contributed by atoms with Crippen molar-refractivity contribution in [3.05, 3.63) is 29.8 Å². The first-order valence-electron chi connectivity index (χ1n) is 7.18. The zero-order valence-corrected chi connectivity index (χ0v) is 11.4. The van der Waals surface area contributed by atoms with E-state index in [9.17, 15) is 4.79 Å². The van der Waals surface area contributed by atoms with E-state index >= 15 is 0 Å². The Balaban J connectivity index is 1.53. The zero-order valence-electron chi connectivity index (χ0n) is 11.4. The van der Waals surface area contributed by atoms with Gasteiger partial charge in [0.1, 0.15) is 5.75 Å². The average molecular weight is 270 g/mol. The second-order valence-electron chi connectivity index (χ2n) is 5.65. The van der Waals surface area contributed by atoms with Gasteiger partial charge in [0.25, 0.3) is 5.91 Å². The molecule has 1 amide bonds. The molecule has 0 N–H and O–H groups in total. The van der Waals surface area contributed by atoms with Crippen LogP contribution in [0.4, 0.5) is 0 Å². The van der Waals surface area contributed by atoms with Gasteiger partial charge in [0.05, 0.1) is 11.6 Å². The smallest absolute Gasteiger partial charge is 0.260 e. The van der Waals surface area contributed by atoms with Crippen LogP contribution in [0.25, 0.3) is 0 Å². The molecule has 1 aromatic rings. The minimum absolute atomic E-state index is 0.0868. The number of rotatable bonds is 6. The highest BCUT2D eigenvalue weighted by Gasteiger charge is 2.36. The maximum atomic E-state index is 12.2. The lowest BCUT2D eigenvalue weighted by molar-refractivity contribution is -0.134. The van der Waals surface area contributed by atoms with Crippen molar-refractivity contribution in [3.8, 4) is 11.8 Å². The standard InChI is InChI=1S/C16H18N2O2/c17-9-12-3-7-15(8-4-12)20-11-16(19)18(14-5-6-14)10-13-1-2-13/h3-4,7-8,13-14H,1-2,5-6,10-11H2. The molecule has 0 bridgehead atoms. The van der Waals surface area contributed by atoms with Gasteiger partial charge < -0.3 is 9.64 Å². The van der Waals surface area contributed by atoms with E-state index in [0.29, 0.717) is 17.4 Å². The van der Waals surface area contributed by atoms with Crippen molar-refractivity contribution in [1.29, 1.82) is 5.26 Å². The van der Waals surface area contributed by atoms with Gasteiger partial charge >= 0.3 is 0 Å². The Labute approximate surface area is 118 Å². The van der Waals surface area contributed by atoms with Crippen molar-refractivity contribution in [2.75, 3.05) is 13.2 Å². The zero-order chi connectivity index (χ0) is 13.9. The van der Waals surface area contributed by atoms with Gasteiger partial charge in [0.2, 0.25) is 0 Å². The molecule has 0 heterocycles. The van der Waals surface area contributed by atoms with Gasteiger partial charge in [-0.2, -0.15) is 5.26 Å². The van der Waals surface area contributed by atoms with E-state index < -0.39 is 0 Å². The second-order valence-corrected chi connectivity index (χ2v) is 5.65. The van der Waals surface area contributed by atoms with Crippen LogP contribution < -0.4 is 4.74 Å². The summed E-state index contributed by atoms with van der Waals surface area (Å²) in [7, 11) is 0. The summed E-state index contributed by atoms with van der Waals surface area (Å²) in [5.41, 5.74) is 0.594. The van der Waals surface area contributed by atoms with Crippen LogP contribution in [0, 0.1) is 17.2 Å². The van der Waals surface area contributed by atoms with Crippen LogP contribution in [-0.2, 0) is 4.79 Å². The molecule has 0 saturated heterocycles. The summed E-state index contributed by atoms with van der Waals surface area (Å²) in [5.74, 6) is 1.44. The highest BCUT2D eigenvalue weighted by atomic mass is 16.5. The van der Waals surface area contributed by atoms with E-state index in [1.165, 1.54) is 12.8 Å². The molecule has 20 heavy (non-hydrogen) atoms. The first kappa shape index (κ1) is 13.0. The Hall–Kier alpha value is -2.02. The first-order chi connectivity index (χ1) is 9.76. The van der Waals surface area contributed by atoms with Crippen LogP contribution in [0.2, 0.25) is 0 Å². The van der Waals surface area contributed by atoms with Gasteiger partial charge in [0.15, 0.2) is 6.61 Å². The molecule has 4 heteroatoms. The topological polar surface area (TPSA) is 53.3 Å². The van der Waals surface area contributed by atoms with Crippen molar-refractivity contribution < 1.29 is 9.53 Å². The summed E-state index contributed by atoms with van der Waals surface area (Å²) in [5, 5.41) is 8.73. The summed E-state index contributed by atoms with van der Waals surface area (Å²) in [6.07, 6.45) is 4.78. The maximum Gasteiger partial charge on any atom is 0.260 e. The van der Waals surface area contributed by atoms with E-state index in [2.05, 4.69) is 6.07 Å². The Morgan fingerprint density at radius 3 is 2.50 bits per heavy atom. The maximum absolute atomic E-state index is 12.2. The molecule has 4 nitrogen and oxygen atoms in total. The number of carbonyl (C=O) groups is 1. The number of carbonyl (C=O) groups excluding carboxylic acids is 1. The van der Waals surface area contributed by atoms with E-state index in [4.69, 9.17) is 10.00 Å². The van der Waals surface area contributed by atoms with E-state index in [-0.39, 0.29) is 12.5 Å². The summed E-state index contributed by atoms with van der Waals surface area (Å²) in [6, 6.07) is 9.36. The largest absolute Gasteiger partial charge is 0.484 e. The molecule has 0 aliphatic heterocycles. The SMILES string of the molecule is N#Cc1ccc(OCC(=O)N(CC2CC2)C2CC2)cc1. The predicted octanol–water partition coefficient (Wildman–Crippen LogP) is 2.34. The first-order valence-corrected chi connectivity index (χ1v) is 7.18. The Bertz CT molecular complexity index is 524. The highest BCUT2D eigenvalue weighted by molar-refractivity contribution is 5.78. The van der Waals surface area contributed by atoms with Crippen molar-refractivity contribution in [3.63, 3.8) is 0 Å². The summed E-state index contributed by atoms with van der Waals surface area (Å²) >= 11 is 0. The fourth-order valence-electron chi connectivity index (χ4n) is 2.27. The van der Waals surface area contributed by atoms with E-state index in [0.717, 1.165) is 25.3 Å². The molecule has 2 fully saturated rings. The fraction of sp³-hybridized carbons (Fsp3) is 0.500. The summed E-state index contributed by atoms with van der Waals surface area (Å²) in [6.45, 7) is 0.995. The van der Waals surface area contributed by atoms with Gasteiger partial charge in [0, 0.05) is 12.6 Å². The van der Waals surface area contributed by atoms with Gasteiger partial charge in [-0.1, -0.05) is 0 Å². The second kappa shape index (κ2) is 5.54. The van der Waals surface area contributed by atoms with Crippen LogP contribution >= 0.6 is 0 Å². The predicted molar refractivity (Wildman–Crippen MR) is 74.1 cm³/mol. The Kier molecular flexibility index (Phi) is 3.60. The summed E-state index contributed by atoms with van der Waals surface area (Å²) < 4.78 is 5.53. The van der Waals surface area contributed by atoms with Crippen molar-refractivity contribution in [2.45, 2.75) is 31.7 Å². The molecular weight excluding hydrogens is 252 g/mol. The third kappa shape index (κ3) is 3.30. The van der Waals surface area contributed by atoms with Gasteiger partial charge in [-0.05, 0) is 55.9 Å². The molecule has 0 radical (unpaired) electrons. The van der Waals surface area contributed by atoms with Crippen LogP contribution in [0.1, 0.15) is 31.2 Å². The molecular formula is C16H18N2O2. The van der Waals surface area contributed by atoms with Crippen LogP contribution in [-0.4, -0.2) is 30.0 Å². The molecule has 0 unspecified atom stereocenters. The normalized spacial score (nSPS) is 17.4. The van der Waals surface area contributed by atoms with Gasteiger partial charge in [-0.25, -0.2) is 0 Å². The highest BCUT2D eigenvalue weighted by Crippen LogP contribution is 2.34. The Morgan fingerprint density at radius 1 is 1.25 bits per heavy atom. The minimum atomic E-state index is 0.0868. The Morgan fingerprint density at radius 2 is 1.95 bits per heavy atom. The molecule has 2 aliphatic carbocycles. The number of hydrogen-bond donors (Lipinski definition) is 0. The number of amides is 1. The number of hydrogen-bond acceptors (Lipinski definition) is 3. The quantitative estimate of drug-likeness (QED) is 0.797. The van der Waals surface area contributed by atoms with Gasteiger partial charge in [-0.3, -0.25) is 4.79 Å². The van der Waals surface area contributed by atoms with Crippen molar-refractivity contribution >= 4 is 5.91 Å². The third-order valence-corrected chi connectivity index (χ3v) is 3.81. The lowest BCUT2D eigenvalue weighted by Crippen LogP contribution is -2.38. The molecule has 1 aromatic carbocycles. The van der Waals surface area contributed by atoms with Crippen molar-refractivity contribution in [1.82, 2.24) is 4.90 Å². The van der Waals surface area contributed by atoms with Crippen molar-refractivity contribution in [2.24, 2.45) is 5.92 Å². The number of nitriles is 1. The van der Waals surface area contributed by atoms with Gasteiger partial charge in [-0.15, -0.1) is 0 Å². The lowest BCUT2D eigenvalue weighted by Gasteiger charge is -2.22. The average Bonchev–Trinajstić information content (AvgIpc) is 3.36. The number of ether oxygens (including phenoxy) is 1. The van der Waals surface area contributed by atoms with Crippen LogP contribution in [0.5, 0.6) is 5.75 Å². The van der Waals surface area contributed by atoms with E-state index in [1.54, 1.807) is 24.3 Å². The van der Waals surface area contributed by atoms with Crippen LogP contribution in [0.3, 0.4) is 0 Å². The molecule has 3 rings (SSSR count). The monoisotopic (exact) mass is 270 g/mol. The molecule has 0 spiro atoms. The fourth-order valence-corrected chi connectivity index (χ4v) is 2.27. The molecule has 104 valence electrons. The molecule has 0 aromatic heterocycles.